The third kappa shape index (κ3) is 4.04. The lowest BCUT2D eigenvalue weighted by atomic mass is 10.2. The van der Waals surface area contributed by atoms with Gasteiger partial charge in [-0.1, -0.05) is 27.2 Å². The normalized spacial score (nSPS) is 10.7. The number of hydrogen-bond acceptors (Lipinski definition) is 6. The number of nitrogens with zero attached hydrogens (tertiary/aromatic N) is 3. The molecule has 7 nitrogen and oxygen atoms in total. The first-order chi connectivity index (χ1) is 9.51. The zero-order valence-corrected chi connectivity index (χ0v) is 12.5. The molecule has 0 amide bonds. The lowest BCUT2D eigenvalue weighted by molar-refractivity contribution is -0.385. The SMILES string of the molecule is CCCCOc1nc(C(C)C)nc(NCC)c1[N+](=O)[O-]. The Hall–Kier alpha value is -1.92. The van der Waals surface area contributed by atoms with Crippen LogP contribution in [-0.4, -0.2) is 28.0 Å². The van der Waals surface area contributed by atoms with Crippen LogP contribution in [-0.2, 0) is 0 Å². The van der Waals surface area contributed by atoms with E-state index in [0.29, 0.717) is 19.0 Å². The number of unbranched alkanes of at least 4 members (excludes halogenated alkanes) is 1. The summed E-state index contributed by atoms with van der Waals surface area (Å²) in [4.78, 5) is 19.2. The lowest BCUT2D eigenvalue weighted by Gasteiger charge is -2.12. The first-order valence-corrected chi connectivity index (χ1v) is 6.94. The molecule has 1 N–H and O–H groups in total. The fourth-order valence-electron chi connectivity index (χ4n) is 1.58. The van der Waals surface area contributed by atoms with E-state index in [2.05, 4.69) is 15.3 Å². The quantitative estimate of drug-likeness (QED) is 0.447. The predicted molar refractivity (Wildman–Crippen MR) is 77.3 cm³/mol. The molecule has 1 heterocycles. The summed E-state index contributed by atoms with van der Waals surface area (Å²) in [5.41, 5.74) is -0.188. The first-order valence-electron chi connectivity index (χ1n) is 6.94. The summed E-state index contributed by atoms with van der Waals surface area (Å²) in [5.74, 6) is 0.889. The number of hydrogen-bond donors (Lipinski definition) is 1. The van der Waals surface area contributed by atoms with Gasteiger partial charge in [-0.25, -0.2) is 4.98 Å². The van der Waals surface area contributed by atoms with Gasteiger partial charge in [-0.2, -0.15) is 4.98 Å². The smallest absolute Gasteiger partial charge is 0.372 e. The average molecular weight is 282 g/mol. The minimum atomic E-state index is -0.497. The van der Waals surface area contributed by atoms with Crippen molar-refractivity contribution < 1.29 is 9.66 Å². The largest absolute Gasteiger partial charge is 0.473 e. The Morgan fingerprint density at radius 1 is 1.35 bits per heavy atom. The van der Waals surface area contributed by atoms with E-state index in [1.165, 1.54) is 0 Å². The van der Waals surface area contributed by atoms with Crippen molar-refractivity contribution in [2.45, 2.75) is 46.5 Å². The summed E-state index contributed by atoms with van der Waals surface area (Å²) < 4.78 is 5.48. The minimum absolute atomic E-state index is 0.0538. The summed E-state index contributed by atoms with van der Waals surface area (Å²) in [6, 6.07) is 0. The fourth-order valence-corrected chi connectivity index (χ4v) is 1.58. The number of nitrogens with one attached hydrogen (secondary N) is 1. The molecular formula is C13H22N4O3. The van der Waals surface area contributed by atoms with Gasteiger partial charge in [0.05, 0.1) is 11.5 Å². The molecule has 0 radical (unpaired) electrons. The van der Waals surface area contributed by atoms with Gasteiger partial charge in [-0.3, -0.25) is 10.1 Å². The third-order valence-corrected chi connectivity index (χ3v) is 2.65. The highest BCUT2D eigenvalue weighted by molar-refractivity contribution is 5.61. The maximum absolute atomic E-state index is 11.2. The molecule has 0 spiro atoms. The summed E-state index contributed by atoms with van der Waals surface area (Å²) >= 11 is 0. The highest BCUT2D eigenvalue weighted by Gasteiger charge is 2.26. The van der Waals surface area contributed by atoms with Crippen molar-refractivity contribution in [2.24, 2.45) is 0 Å². The Balaban J connectivity index is 3.23. The van der Waals surface area contributed by atoms with Gasteiger partial charge < -0.3 is 10.1 Å². The third-order valence-electron chi connectivity index (χ3n) is 2.65. The average Bonchev–Trinajstić information content (AvgIpc) is 2.38. The molecule has 0 aliphatic rings. The Morgan fingerprint density at radius 3 is 2.55 bits per heavy atom. The highest BCUT2D eigenvalue weighted by atomic mass is 16.6. The van der Waals surface area contributed by atoms with Gasteiger partial charge in [-0.05, 0) is 13.3 Å². The van der Waals surface area contributed by atoms with Crippen molar-refractivity contribution in [2.75, 3.05) is 18.5 Å². The summed E-state index contributed by atoms with van der Waals surface area (Å²) in [6.45, 7) is 8.72. The first kappa shape index (κ1) is 16.1. The molecule has 7 heteroatoms. The predicted octanol–water partition coefficient (Wildman–Crippen LogP) is 3.12. The van der Waals surface area contributed by atoms with Gasteiger partial charge in [-0.15, -0.1) is 0 Å². The van der Waals surface area contributed by atoms with Crippen molar-refractivity contribution in [3.05, 3.63) is 15.9 Å². The monoisotopic (exact) mass is 282 g/mol. The van der Waals surface area contributed by atoms with E-state index in [0.717, 1.165) is 12.8 Å². The molecule has 1 aromatic heterocycles. The number of nitro groups is 1. The van der Waals surface area contributed by atoms with Crippen molar-refractivity contribution in [1.82, 2.24) is 9.97 Å². The Bertz CT molecular complexity index is 463. The van der Waals surface area contributed by atoms with E-state index >= 15 is 0 Å². The maximum atomic E-state index is 11.2. The zero-order valence-electron chi connectivity index (χ0n) is 12.5. The van der Waals surface area contributed by atoms with Crippen molar-refractivity contribution >= 4 is 11.5 Å². The zero-order chi connectivity index (χ0) is 15.1. The minimum Gasteiger partial charge on any atom is -0.473 e. The van der Waals surface area contributed by atoms with Crippen LogP contribution in [0.1, 0.15) is 52.3 Å². The molecule has 0 bridgehead atoms. The molecule has 1 aromatic rings. The maximum Gasteiger partial charge on any atom is 0.372 e. The van der Waals surface area contributed by atoms with Gasteiger partial charge in [0.25, 0.3) is 5.88 Å². The molecular weight excluding hydrogens is 260 g/mol. The van der Waals surface area contributed by atoms with E-state index in [9.17, 15) is 10.1 Å². The fraction of sp³-hybridized carbons (Fsp3) is 0.692. The topological polar surface area (TPSA) is 90.2 Å². The summed E-state index contributed by atoms with van der Waals surface area (Å²) in [5, 5.41) is 14.1. The van der Waals surface area contributed by atoms with E-state index in [4.69, 9.17) is 4.74 Å². The second-order valence-corrected chi connectivity index (χ2v) is 4.73. The van der Waals surface area contributed by atoms with Crippen LogP contribution in [0.5, 0.6) is 5.88 Å². The van der Waals surface area contributed by atoms with Gasteiger partial charge in [0, 0.05) is 12.5 Å². The van der Waals surface area contributed by atoms with E-state index < -0.39 is 4.92 Å². The van der Waals surface area contributed by atoms with Crippen LogP contribution in [0.2, 0.25) is 0 Å². The Kier molecular flexibility index (Phi) is 6.14. The van der Waals surface area contributed by atoms with E-state index in [1.54, 1.807) is 0 Å². The van der Waals surface area contributed by atoms with Gasteiger partial charge >= 0.3 is 5.69 Å². The van der Waals surface area contributed by atoms with Crippen LogP contribution >= 0.6 is 0 Å². The van der Waals surface area contributed by atoms with Crippen LogP contribution < -0.4 is 10.1 Å². The molecule has 0 fully saturated rings. The molecule has 112 valence electrons. The second-order valence-electron chi connectivity index (χ2n) is 4.73. The highest BCUT2D eigenvalue weighted by Crippen LogP contribution is 2.33. The van der Waals surface area contributed by atoms with Crippen LogP contribution in [0.3, 0.4) is 0 Å². The van der Waals surface area contributed by atoms with Gasteiger partial charge in [0.2, 0.25) is 5.82 Å². The molecule has 0 aromatic carbocycles. The number of ether oxygens (including phenoxy) is 1. The summed E-state index contributed by atoms with van der Waals surface area (Å²) in [7, 11) is 0. The van der Waals surface area contributed by atoms with Crippen LogP contribution in [0.4, 0.5) is 11.5 Å². The van der Waals surface area contributed by atoms with Crippen molar-refractivity contribution in [3.8, 4) is 5.88 Å². The van der Waals surface area contributed by atoms with Crippen LogP contribution in [0.15, 0.2) is 0 Å². The molecule has 20 heavy (non-hydrogen) atoms. The molecule has 1 rings (SSSR count). The summed E-state index contributed by atoms with van der Waals surface area (Å²) in [6.07, 6.45) is 1.78. The molecule has 0 unspecified atom stereocenters. The van der Waals surface area contributed by atoms with Gasteiger partial charge in [0.15, 0.2) is 0 Å². The van der Waals surface area contributed by atoms with Crippen LogP contribution in [0.25, 0.3) is 0 Å². The van der Waals surface area contributed by atoms with Gasteiger partial charge in [0.1, 0.15) is 5.82 Å². The Morgan fingerprint density at radius 2 is 2.05 bits per heavy atom. The van der Waals surface area contributed by atoms with E-state index in [1.807, 2.05) is 27.7 Å². The van der Waals surface area contributed by atoms with Crippen LogP contribution in [0, 0.1) is 10.1 Å². The number of aromatic nitrogens is 2. The molecule has 0 aliphatic heterocycles. The Labute approximate surface area is 118 Å². The van der Waals surface area contributed by atoms with Crippen molar-refractivity contribution in [3.63, 3.8) is 0 Å². The molecule has 0 atom stereocenters. The molecule has 0 saturated heterocycles. The number of anilines is 1. The second kappa shape index (κ2) is 7.62. The number of rotatable bonds is 8. The lowest BCUT2D eigenvalue weighted by Crippen LogP contribution is -2.11. The van der Waals surface area contributed by atoms with Crippen molar-refractivity contribution in [1.29, 1.82) is 0 Å². The van der Waals surface area contributed by atoms with E-state index in [-0.39, 0.29) is 23.3 Å². The molecule has 0 saturated carbocycles. The molecule has 0 aliphatic carbocycles. The standard InChI is InChI=1S/C13H22N4O3/c1-5-7-8-20-13-10(17(18)19)12(14-6-2)15-11(16-13)9(3)4/h9H,5-8H2,1-4H3,(H,14,15,16).